The number of likely N-dealkylation sites (N-methyl/N-ethyl adjacent to an activating group) is 1. The molecule has 2 rings (SSSR count). The fourth-order valence-corrected chi connectivity index (χ4v) is 2.20. The van der Waals surface area contributed by atoms with Crippen LogP contribution < -0.4 is 14.8 Å². The van der Waals surface area contributed by atoms with Crippen LogP contribution in [0.1, 0.15) is 13.3 Å². The van der Waals surface area contributed by atoms with Gasteiger partial charge in [0.25, 0.3) is 0 Å². The summed E-state index contributed by atoms with van der Waals surface area (Å²) < 4.78 is 11.6. The number of benzene rings is 1. The SMILES string of the molecule is CCN(CCC(=O)NC)CC1COc2ccccc2O1. The Morgan fingerprint density at radius 1 is 1.40 bits per heavy atom. The zero-order valence-corrected chi connectivity index (χ0v) is 12.1. The highest BCUT2D eigenvalue weighted by Gasteiger charge is 2.22. The second-order valence-corrected chi connectivity index (χ2v) is 4.81. The van der Waals surface area contributed by atoms with Gasteiger partial charge in [-0.2, -0.15) is 0 Å². The van der Waals surface area contributed by atoms with Crippen LogP contribution in [0, 0.1) is 0 Å². The monoisotopic (exact) mass is 278 g/mol. The summed E-state index contributed by atoms with van der Waals surface area (Å²) in [5.41, 5.74) is 0. The van der Waals surface area contributed by atoms with Crippen molar-refractivity contribution in [2.24, 2.45) is 0 Å². The molecule has 110 valence electrons. The molecule has 1 aliphatic heterocycles. The third-order valence-electron chi connectivity index (χ3n) is 3.41. The fourth-order valence-electron chi connectivity index (χ4n) is 2.20. The molecule has 0 saturated carbocycles. The van der Waals surface area contributed by atoms with E-state index in [-0.39, 0.29) is 12.0 Å². The van der Waals surface area contributed by atoms with E-state index in [1.54, 1.807) is 7.05 Å². The highest BCUT2D eigenvalue weighted by Crippen LogP contribution is 2.30. The van der Waals surface area contributed by atoms with Crippen LogP contribution in [-0.2, 0) is 4.79 Å². The molecule has 0 aliphatic carbocycles. The number of hydrogen-bond acceptors (Lipinski definition) is 4. The van der Waals surface area contributed by atoms with E-state index in [0.717, 1.165) is 31.1 Å². The van der Waals surface area contributed by atoms with Gasteiger partial charge in [0.15, 0.2) is 11.5 Å². The minimum Gasteiger partial charge on any atom is -0.486 e. The molecule has 1 aliphatic rings. The predicted molar refractivity (Wildman–Crippen MR) is 77.2 cm³/mol. The molecule has 1 aromatic rings. The third-order valence-corrected chi connectivity index (χ3v) is 3.41. The molecule has 1 amide bonds. The first-order valence-corrected chi connectivity index (χ1v) is 7.04. The number of hydrogen-bond donors (Lipinski definition) is 1. The lowest BCUT2D eigenvalue weighted by atomic mass is 10.2. The second-order valence-electron chi connectivity index (χ2n) is 4.81. The molecule has 1 aromatic carbocycles. The molecule has 0 fully saturated rings. The molecule has 0 bridgehead atoms. The van der Waals surface area contributed by atoms with E-state index < -0.39 is 0 Å². The van der Waals surface area contributed by atoms with Crippen molar-refractivity contribution < 1.29 is 14.3 Å². The molecule has 5 nitrogen and oxygen atoms in total. The number of amides is 1. The van der Waals surface area contributed by atoms with Gasteiger partial charge in [-0.25, -0.2) is 0 Å². The van der Waals surface area contributed by atoms with Crippen LogP contribution in [0.3, 0.4) is 0 Å². The van der Waals surface area contributed by atoms with Crippen LogP contribution in [0.5, 0.6) is 11.5 Å². The van der Waals surface area contributed by atoms with Crippen molar-refractivity contribution in [1.29, 1.82) is 0 Å². The van der Waals surface area contributed by atoms with Crippen LogP contribution in [0.4, 0.5) is 0 Å². The Labute approximate surface area is 119 Å². The fraction of sp³-hybridized carbons (Fsp3) is 0.533. The summed E-state index contributed by atoms with van der Waals surface area (Å²) in [6, 6.07) is 7.70. The first-order valence-electron chi connectivity index (χ1n) is 7.04. The van der Waals surface area contributed by atoms with Gasteiger partial charge in [0.1, 0.15) is 12.7 Å². The zero-order chi connectivity index (χ0) is 14.4. The molecule has 20 heavy (non-hydrogen) atoms. The van der Waals surface area contributed by atoms with E-state index in [0.29, 0.717) is 13.0 Å². The van der Waals surface area contributed by atoms with Crippen molar-refractivity contribution >= 4 is 5.91 Å². The van der Waals surface area contributed by atoms with E-state index >= 15 is 0 Å². The molecule has 0 spiro atoms. The summed E-state index contributed by atoms with van der Waals surface area (Å²) >= 11 is 0. The molecule has 1 atom stereocenters. The lowest BCUT2D eigenvalue weighted by Crippen LogP contribution is -2.42. The van der Waals surface area contributed by atoms with Crippen LogP contribution in [0.2, 0.25) is 0 Å². The number of carbonyl (C=O) groups is 1. The quantitative estimate of drug-likeness (QED) is 0.852. The van der Waals surface area contributed by atoms with Gasteiger partial charge in [0.05, 0.1) is 0 Å². The normalized spacial score (nSPS) is 17.1. The molecule has 0 radical (unpaired) electrons. The maximum atomic E-state index is 11.3. The van der Waals surface area contributed by atoms with Crippen molar-refractivity contribution in [2.75, 3.05) is 33.3 Å². The molecule has 5 heteroatoms. The summed E-state index contributed by atoms with van der Waals surface area (Å²) in [7, 11) is 1.66. The van der Waals surface area contributed by atoms with E-state index in [2.05, 4.69) is 17.1 Å². The number of carbonyl (C=O) groups excluding carboxylic acids is 1. The molecule has 1 unspecified atom stereocenters. The van der Waals surface area contributed by atoms with Crippen molar-refractivity contribution in [3.63, 3.8) is 0 Å². The Morgan fingerprint density at radius 2 is 2.15 bits per heavy atom. The zero-order valence-electron chi connectivity index (χ0n) is 12.1. The molecular formula is C15H22N2O3. The average Bonchev–Trinajstić information content (AvgIpc) is 2.50. The van der Waals surface area contributed by atoms with Crippen molar-refractivity contribution in [3.05, 3.63) is 24.3 Å². The standard InChI is InChI=1S/C15H22N2O3/c1-3-17(9-8-15(18)16-2)10-12-11-19-13-6-4-5-7-14(13)20-12/h4-7,12H,3,8-11H2,1-2H3,(H,16,18). The van der Waals surface area contributed by atoms with E-state index in [1.165, 1.54) is 0 Å². The van der Waals surface area contributed by atoms with Gasteiger partial charge in [0.2, 0.25) is 5.91 Å². The summed E-state index contributed by atoms with van der Waals surface area (Å²) in [6.07, 6.45) is 0.517. The van der Waals surface area contributed by atoms with Gasteiger partial charge in [-0.15, -0.1) is 0 Å². The first-order chi connectivity index (χ1) is 9.72. The summed E-state index contributed by atoms with van der Waals surface area (Å²) in [6.45, 7) is 5.02. The maximum Gasteiger partial charge on any atom is 0.221 e. The number of rotatable bonds is 6. The van der Waals surface area contributed by atoms with Gasteiger partial charge in [-0.05, 0) is 18.7 Å². The summed E-state index contributed by atoms with van der Waals surface area (Å²) in [5, 5.41) is 2.64. The number of fused-ring (bicyclic) bond motifs is 1. The van der Waals surface area contributed by atoms with Crippen LogP contribution in [0.15, 0.2) is 24.3 Å². The lowest BCUT2D eigenvalue weighted by molar-refractivity contribution is -0.121. The van der Waals surface area contributed by atoms with E-state index in [4.69, 9.17) is 9.47 Å². The Hall–Kier alpha value is -1.75. The Morgan fingerprint density at radius 3 is 2.85 bits per heavy atom. The van der Waals surface area contributed by atoms with Crippen molar-refractivity contribution in [3.8, 4) is 11.5 Å². The largest absolute Gasteiger partial charge is 0.486 e. The number of nitrogens with one attached hydrogen (secondary N) is 1. The highest BCUT2D eigenvalue weighted by atomic mass is 16.6. The second kappa shape index (κ2) is 7.14. The molecule has 1 N–H and O–H groups in total. The third kappa shape index (κ3) is 3.87. The average molecular weight is 278 g/mol. The van der Waals surface area contributed by atoms with Crippen molar-refractivity contribution in [1.82, 2.24) is 10.2 Å². The molecule has 0 aromatic heterocycles. The van der Waals surface area contributed by atoms with Gasteiger partial charge >= 0.3 is 0 Å². The Balaban J connectivity index is 1.85. The molecule has 0 saturated heterocycles. The summed E-state index contributed by atoms with van der Waals surface area (Å²) in [4.78, 5) is 13.5. The number of nitrogens with zero attached hydrogens (tertiary/aromatic N) is 1. The van der Waals surface area contributed by atoms with Crippen LogP contribution >= 0.6 is 0 Å². The highest BCUT2D eigenvalue weighted by molar-refractivity contribution is 5.75. The topological polar surface area (TPSA) is 50.8 Å². The van der Waals surface area contributed by atoms with Gasteiger partial charge in [-0.3, -0.25) is 9.69 Å². The molecule has 1 heterocycles. The predicted octanol–water partition coefficient (Wildman–Crippen LogP) is 1.28. The van der Waals surface area contributed by atoms with E-state index in [9.17, 15) is 4.79 Å². The Kier molecular flexibility index (Phi) is 5.24. The van der Waals surface area contributed by atoms with Gasteiger partial charge < -0.3 is 14.8 Å². The van der Waals surface area contributed by atoms with E-state index in [1.807, 2.05) is 24.3 Å². The number of para-hydroxylation sites is 2. The van der Waals surface area contributed by atoms with Crippen molar-refractivity contribution in [2.45, 2.75) is 19.4 Å². The minimum absolute atomic E-state index is 0.00883. The number of ether oxygens (including phenoxy) is 2. The van der Waals surface area contributed by atoms with Gasteiger partial charge in [0, 0.05) is 26.6 Å². The summed E-state index contributed by atoms with van der Waals surface area (Å²) in [5.74, 6) is 1.66. The van der Waals surface area contributed by atoms with Crippen LogP contribution in [-0.4, -0.2) is 50.2 Å². The lowest BCUT2D eigenvalue weighted by Gasteiger charge is -2.30. The Bertz CT molecular complexity index is 450. The smallest absolute Gasteiger partial charge is 0.221 e. The maximum absolute atomic E-state index is 11.3. The first kappa shape index (κ1) is 14.7. The molecular weight excluding hydrogens is 256 g/mol. The van der Waals surface area contributed by atoms with Gasteiger partial charge in [-0.1, -0.05) is 19.1 Å². The minimum atomic E-state index is 0.00883. The van der Waals surface area contributed by atoms with Crippen LogP contribution in [0.25, 0.3) is 0 Å².